The number of aromatic nitrogens is 1. The van der Waals surface area contributed by atoms with Gasteiger partial charge in [-0.1, -0.05) is 17.3 Å². The summed E-state index contributed by atoms with van der Waals surface area (Å²) in [5.41, 5.74) is 3.01. The molecule has 0 radical (unpaired) electrons. The zero-order valence-electron chi connectivity index (χ0n) is 19.7. The summed E-state index contributed by atoms with van der Waals surface area (Å²) in [7, 11) is 1.52. The summed E-state index contributed by atoms with van der Waals surface area (Å²) < 4.78 is 16.5. The van der Waals surface area contributed by atoms with Gasteiger partial charge in [0.1, 0.15) is 12.4 Å². The maximum atomic E-state index is 13.0. The molecule has 0 saturated carbocycles. The Hall–Kier alpha value is -3.81. The number of rotatable bonds is 7. The first kappa shape index (κ1) is 23.4. The number of anilines is 1. The van der Waals surface area contributed by atoms with Crippen LogP contribution in [0.15, 0.2) is 47.0 Å². The van der Waals surface area contributed by atoms with Crippen LogP contribution in [0.25, 0.3) is 0 Å². The molecule has 34 heavy (non-hydrogen) atoms. The topological polar surface area (TPSA) is 93.9 Å². The number of hydrogen-bond donors (Lipinski definition) is 1. The minimum Gasteiger partial charge on any atom is -0.493 e. The lowest BCUT2D eigenvalue weighted by atomic mass is 10.1. The number of carbonyl (C=O) groups excluding carboxylic acids is 2. The molecule has 0 atom stereocenters. The van der Waals surface area contributed by atoms with E-state index in [1.54, 1.807) is 42.5 Å². The molecule has 2 amide bonds. The third kappa shape index (κ3) is 5.06. The van der Waals surface area contributed by atoms with Gasteiger partial charge < -0.3 is 24.2 Å². The second kappa shape index (κ2) is 10.4. The Morgan fingerprint density at radius 2 is 1.82 bits per heavy atom. The molecule has 8 heteroatoms. The summed E-state index contributed by atoms with van der Waals surface area (Å²) in [4.78, 5) is 27.9. The van der Waals surface area contributed by atoms with Crippen LogP contribution in [0.1, 0.15) is 57.0 Å². The number of piperidine rings is 1. The van der Waals surface area contributed by atoms with Gasteiger partial charge in [0, 0.05) is 18.7 Å². The quantitative estimate of drug-likeness (QED) is 0.543. The molecule has 1 saturated heterocycles. The molecule has 0 unspecified atom stereocenters. The van der Waals surface area contributed by atoms with Crippen LogP contribution in [0, 0.1) is 13.8 Å². The standard InChI is InChI=1S/C26H29N3O5/c1-17-21(18(2)34-28-17)16-33-23-12-11-19(15-24(23)32-3)25(30)27-22-10-6-5-9-20(22)26(31)29-13-7-4-8-14-29/h5-6,9-12,15H,4,7-8,13-14,16H2,1-3H3,(H,27,30). The molecule has 1 aliphatic heterocycles. The summed E-state index contributed by atoms with van der Waals surface area (Å²) in [6, 6.07) is 12.1. The highest BCUT2D eigenvalue weighted by Crippen LogP contribution is 2.30. The minimum atomic E-state index is -0.338. The van der Waals surface area contributed by atoms with Crippen molar-refractivity contribution in [3.05, 3.63) is 70.6 Å². The van der Waals surface area contributed by atoms with E-state index in [9.17, 15) is 9.59 Å². The Morgan fingerprint density at radius 1 is 1.06 bits per heavy atom. The Labute approximate surface area is 198 Å². The molecule has 2 aromatic carbocycles. The van der Waals surface area contributed by atoms with Gasteiger partial charge >= 0.3 is 0 Å². The summed E-state index contributed by atoms with van der Waals surface area (Å²) in [6.07, 6.45) is 3.15. The minimum absolute atomic E-state index is 0.0590. The van der Waals surface area contributed by atoms with Crippen LogP contribution in [-0.2, 0) is 6.61 Å². The fraction of sp³-hybridized carbons (Fsp3) is 0.346. The van der Waals surface area contributed by atoms with Crippen molar-refractivity contribution in [3.63, 3.8) is 0 Å². The molecule has 1 fully saturated rings. The van der Waals surface area contributed by atoms with Crippen molar-refractivity contribution in [3.8, 4) is 11.5 Å². The van der Waals surface area contributed by atoms with Crippen molar-refractivity contribution in [2.45, 2.75) is 39.7 Å². The Balaban J connectivity index is 1.49. The van der Waals surface area contributed by atoms with Crippen LogP contribution >= 0.6 is 0 Å². The normalized spacial score (nSPS) is 13.4. The van der Waals surface area contributed by atoms with Crippen molar-refractivity contribution in [1.82, 2.24) is 10.1 Å². The maximum Gasteiger partial charge on any atom is 0.255 e. The van der Waals surface area contributed by atoms with Crippen LogP contribution in [0.5, 0.6) is 11.5 Å². The highest BCUT2D eigenvalue weighted by molar-refractivity contribution is 6.09. The number of likely N-dealkylation sites (tertiary alicyclic amines) is 1. The monoisotopic (exact) mass is 463 g/mol. The molecule has 4 rings (SSSR count). The van der Waals surface area contributed by atoms with E-state index in [-0.39, 0.29) is 18.4 Å². The molecule has 0 spiro atoms. The van der Waals surface area contributed by atoms with E-state index in [0.29, 0.717) is 34.1 Å². The summed E-state index contributed by atoms with van der Waals surface area (Å²) in [5, 5.41) is 6.81. The van der Waals surface area contributed by atoms with E-state index in [1.807, 2.05) is 18.7 Å². The Kier molecular flexibility index (Phi) is 7.15. The van der Waals surface area contributed by atoms with Crippen LogP contribution < -0.4 is 14.8 Å². The third-order valence-corrected chi connectivity index (χ3v) is 6.03. The van der Waals surface area contributed by atoms with Gasteiger partial charge in [0.05, 0.1) is 29.6 Å². The molecule has 1 aliphatic rings. The van der Waals surface area contributed by atoms with Crippen LogP contribution in [0.3, 0.4) is 0 Å². The summed E-state index contributed by atoms with van der Waals surface area (Å²) in [6.45, 7) is 5.45. The lowest BCUT2D eigenvalue weighted by Crippen LogP contribution is -2.36. The fourth-order valence-corrected chi connectivity index (χ4v) is 4.03. The predicted molar refractivity (Wildman–Crippen MR) is 127 cm³/mol. The largest absolute Gasteiger partial charge is 0.493 e. The van der Waals surface area contributed by atoms with Gasteiger partial charge in [-0.05, 0) is 63.4 Å². The number of methoxy groups -OCH3 is 1. The van der Waals surface area contributed by atoms with Crippen LogP contribution in [-0.4, -0.2) is 42.1 Å². The molecule has 1 N–H and O–H groups in total. The number of nitrogens with zero attached hydrogens (tertiary/aromatic N) is 2. The number of amides is 2. The summed E-state index contributed by atoms with van der Waals surface area (Å²) in [5.74, 6) is 1.23. The molecule has 1 aromatic heterocycles. The number of benzene rings is 2. The van der Waals surface area contributed by atoms with Crippen molar-refractivity contribution in [2.75, 3.05) is 25.5 Å². The molecular weight excluding hydrogens is 434 g/mol. The Morgan fingerprint density at radius 3 is 2.53 bits per heavy atom. The zero-order valence-corrected chi connectivity index (χ0v) is 19.7. The zero-order chi connectivity index (χ0) is 24.1. The van der Waals surface area contributed by atoms with Gasteiger partial charge in [-0.15, -0.1) is 0 Å². The molecular formula is C26H29N3O5. The molecule has 178 valence electrons. The van der Waals surface area contributed by atoms with Crippen molar-refractivity contribution < 1.29 is 23.6 Å². The first-order valence-corrected chi connectivity index (χ1v) is 11.4. The Bertz CT molecular complexity index is 1160. The second-order valence-electron chi connectivity index (χ2n) is 8.31. The number of nitrogens with one attached hydrogen (secondary N) is 1. The van der Waals surface area contributed by atoms with Gasteiger partial charge in [0.25, 0.3) is 11.8 Å². The van der Waals surface area contributed by atoms with Crippen LogP contribution in [0.2, 0.25) is 0 Å². The highest BCUT2D eigenvalue weighted by atomic mass is 16.5. The van der Waals surface area contributed by atoms with Crippen molar-refractivity contribution in [1.29, 1.82) is 0 Å². The van der Waals surface area contributed by atoms with E-state index >= 15 is 0 Å². The molecule has 3 aromatic rings. The number of para-hydroxylation sites is 1. The van der Waals surface area contributed by atoms with Gasteiger partial charge in [0.2, 0.25) is 0 Å². The summed E-state index contributed by atoms with van der Waals surface area (Å²) >= 11 is 0. The second-order valence-corrected chi connectivity index (χ2v) is 8.31. The van der Waals surface area contributed by atoms with Crippen LogP contribution in [0.4, 0.5) is 5.69 Å². The van der Waals surface area contributed by atoms with E-state index in [4.69, 9.17) is 14.0 Å². The fourth-order valence-electron chi connectivity index (χ4n) is 4.03. The highest BCUT2D eigenvalue weighted by Gasteiger charge is 2.22. The third-order valence-electron chi connectivity index (χ3n) is 6.03. The average Bonchev–Trinajstić information content (AvgIpc) is 3.19. The van der Waals surface area contributed by atoms with Gasteiger partial charge in [0.15, 0.2) is 11.5 Å². The number of carbonyl (C=O) groups is 2. The lowest BCUT2D eigenvalue weighted by Gasteiger charge is -2.27. The molecule has 0 bridgehead atoms. The smallest absolute Gasteiger partial charge is 0.255 e. The first-order valence-electron chi connectivity index (χ1n) is 11.4. The number of aryl methyl sites for hydroxylation is 2. The van der Waals surface area contributed by atoms with Gasteiger partial charge in [-0.2, -0.15) is 0 Å². The van der Waals surface area contributed by atoms with Gasteiger partial charge in [-0.3, -0.25) is 9.59 Å². The number of ether oxygens (including phenoxy) is 2. The van der Waals surface area contributed by atoms with E-state index in [0.717, 1.165) is 43.6 Å². The maximum absolute atomic E-state index is 13.0. The first-order chi connectivity index (χ1) is 16.5. The molecule has 8 nitrogen and oxygen atoms in total. The average molecular weight is 464 g/mol. The molecule has 0 aliphatic carbocycles. The lowest BCUT2D eigenvalue weighted by molar-refractivity contribution is 0.0725. The van der Waals surface area contributed by atoms with Crippen molar-refractivity contribution >= 4 is 17.5 Å². The van der Waals surface area contributed by atoms with E-state index in [2.05, 4.69) is 10.5 Å². The van der Waals surface area contributed by atoms with Gasteiger partial charge in [-0.25, -0.2) is 0 Å². The van der Waals surface area contributed by atoms with Crippen molar-refractivity contribution in [2.24, 2.45) is 0 Å². The van der Waals surface area contributed by atoms with E-state index < -0.39 is 0 Å². The predicted octanol–water partition coefficient (Wildman–Crippen LogP) is 4.76. The van der Waals surface area contributed by atoms with E-state index in [1.165, 1.54) is 7.11 Å². The SMILES string of the molecule is COc1cc(C(=O)Nc2ccccc2C(=O)N2CCCCC2)ccc1OCc1c(C)noc1C. The number of hydrogen-bond acceptors (Lipinski definition) is 6. The molecule has 2 heterocycles.